The van der Waals surface area contributed by atoms with Gasteiger partial charge in [0.05, 0.1) is 0 Å². The minimum Gasteiger partial charge on any atom is -0.311 e. The monoisotopic (exact) mass is 358 g/mol. The summed E-state index contributed by atoms with van der Waals surface area (Å²) in [5, 5.41) is 4.43. The van der Waals surface area contributed by atoms with E-state index in [4.69, 9.17) is 11.6 Å². The average molecular weight is 360 g/mol. The molecule has 1 aliphatic rings. The molecule has 1 saturated carbocycles. The van der Waals surface area contributed by atoms with E-state index in [1.807, 2.05) is 18.2 Å². The maximum absolute atomic E-state index is 6.07. The highest BCUT2D eigenvalue weighted by atomic mass is 79.9. The van der Waals surface area contributed by atoms with Gasteiger partial charge < -0.3 is 10.2 Å². The van der Waals surface area contributed by atoms with Gasteiger partial charge in [-0.2, -0.15) is 0 Å². The molecule has 1 aromatic rings. The van der Waals surface area contributed by atoms with Crippen LogP contribution in [0.2, 0.25) is 5.02 Å². The molecule has 0 aromatic heterocycles. The highest BCUT2D eigenvalue weighted by Crippen LogP contribution is 2.31. The van der Waals surface area contributed by atoms with E-state index in [0.29, 0.717) is 5.54 Å². The topological polar surface area (TPSA) is 15.3 Å². The minimum absolute atomic E-state index is 0.323. The van der Waals surface area contributed by atoms with Crippen LogP contribution in [0.4, 0.5) is 0 Å². The number of hydrogen-bond donors (Lipinski definition) is 1. The number of rotatable bonds is 5. The lowest BCUT2D eigenvalue weighted by atomic mass is 9.80. The molecule has 2 rings (SSSR count). The van der Waals surface area contributed by atoms with Crippen molar-refractivity contribution in [2.24, 2.45) is 0 Å². The van der Waals surface area contributed by atoms with Crippen molar-refractivity contribution in [3.63, 3.8) is 0 Å². The molecule has 0 saturated heterocycles. The summed E-state index contributed by atoms with van der Waals surface area (Å²) >= 11 is 9.66. The predicted molar refractivity (Wildman–Crippen MR) is 90.4 cm³/mol. The molecule has 2 nitrogen and oxygen atoms in total. The summed E-state index contributed by atoms with van der Waals surface area (Å²) in [5.74, 6) is 0. The molecule has 1 aliphatic carbocycles. The zero-order valence-corrected chi connectivity index (χ0v) is 14.7. The first-order valence-corrected chi connectivity index (χ1v) is 8.53. The van der Waals surface area contributed by atoms with Gasteiger partial charge in [0.1, 0.15) is 0 Å². The van der Waals surface area contributed by atoms with Crippen molar-refractivity contribution in [2.45, 2.75) is 44.2 Å². The van der Waals surface area contributed by atoms with E-state index in [1.54, 1.807) is 0 Å². The van der Waals surface area contributed by atoms with Gasteiger partial charge in [-0.3, -0.25) is 0 Å². The van der Waals surface area contributed by atoms with E-state index in [1.165, 1.54) is 37.7 Å². The smallest absolute Gasteiger partial charge is 0.0410 e. The summed E-state index contributed by atoms with van der Waals surface area (Å²) in [6.45, 7) is 1.90. The van der Waals surface area contributed by atoms with E-state index >= 15 is 0 Å². The highest BCUT2D eigenvalue weighted by Gasteiger charge is 2.33. The van der Waals surface area contributed by atoms with Crippen LogP contribution >= 0.6 is 27.5 Å². The van der Waals surface area contributed by atoms with Crippen LogP contribution in [0, 0.1) is 0 Å². The molecule has 0 aliphatic heterocycles. The van der Waals surface area contributed by atoms with Crippen molar-refractivity contribution < 1.29 is 0 Å². The standard InChI is InChI=1S/C16H24BrClN2/c1-20(2)16(8-4-3-5-9-16)12-19-11-13-10-14(18)6-7-15(13)17/h6-7,10,19H,3-5,8-9,11-12H2,1-2H3. The second kappa shape index (κ2) is 7.26. The molecule has 0 bridgehead atoms. The summed E-state index contributed by atoms with van der Waals surface area (Å²) in [4.78, 5) is 2.41. The molecule has 1 fully saturated rings. The lowest BCUT2D eigenvalue weighted by molar-refractivity contribution is 0.0984. The third kappa shape index (κ3) is 3.97. The SMILES string of the molecule is CN(C)C1(CNCc2cc(Cl)ccc2Br)CCCCC1. The zero-order valence-electron chi connectivity index (χ0n) is 12.4. The summed E-state index contributed by atoms with van der Waals surface area (Å²) in [5.41, 5.74) is 1.55. The van der Waals surface area contributed by atoms with Crippen LogP contribution in [0.1, 0.15) is 37.7 Å². The number of nitrogens with zero attached hydrogens (tertiary/aromatic N) is 1. The zero-order chi connectivity index (χ0) is 14.6. The number of hydrogen-bond acceptors (Lipinski definition) is 2. The van der Waals surface area contributed by atoms with Crippen molar-refractivity contribution in [3.8, 4) is 0 Å². The maximum atomic E-state index is 6.07. The summed E-state index contributed by atoms with van der Waals surface area (Å²) < 4.78 is 1.12. The van der Waals surface area contributed by atoms with Gasteiger partial charge in [-0.1, -0.05) is 46.8 Å². The summed E-state index contributed by atoms with van der Waals surface area (Å²) in [6.07, 6.45) is 6.67. The average Bonchev–Trinajstić information content (AvgIpc) is 2.43. The Morgan fingerprint density at radius 1 is 1.25 bits per heavy atom. The third-order valence-electron chi connectivity index (χ3n) is 4.51. The second-order valence-electron chi connectivity index (χ2n) is 6.02. The van der Waals surface area contributed by atoms with Crippen LogP contribution in [-0.2, 0) is 6.54 Å². The van der Waals surface area contributed by atoms with Gasteiger partial charge in [0.25, 0.3) is 0 Å². The first kappa shape index (κ1) is 16.3. The molecule has 112 valence electrons. The molecule has 1 aromatic carbocycles. The van der Waals surface area contributed by atoms with Crippen LogP contribution in [-0.4, -0.2) is 31.1 Å². The van der Waals surface area contributed by atoms with Crippen LogP contribution in [0.5, 0.6) is 0 Å². The molecule has 1 N–H and O–H groups in total. The molecule has 0 heterocycles. The number of halogens is 2. The van der Waals surface area contributed by atoms with E-state index in [9.17, 15) is 0 Å². The van der Waals surface area contributed by atoms with Crippen LogP contribution < -0.4 is 5.32 Å². The van der Waals surface area contributed by atoms with Gasteiger partial charge in [0.15, 0.2) is 0 Å². The van der Waals surface area contributed by atoms with Crippen molar-refractivity contribution in [1.82, 2.24) is 10.2 Å². The fourth-order valence-corrected chi connectivity index (χ4v) is 3.68. The summed E-state index contributed by atoms with van der Waals surface area (Å²) in [6, 6.07) is 5.96. The molecule has 0 unspecified atom stereocenters. The highest BCUT2D eigenvalue weighted by molar-refractivity contribution is 9.10. The second-order valence-corrected chi connectivity index (χ2v) is 7.31. The van der Waals surface area contributed by atoms with E-state index in [2.05, 4.69) is 40.2 Å². The van der Waals surface area contributed by atoms with Crippen LogP contribution in [0.25, 0.3) is 0 Å². The maximum Gasteiger partial charge on any atom is 0.0410 e. The molecule has 0 radical (unpaired) electrons. The Balaban J connectivity index is 1.95. The van der Waals surface area contributed by atoms with Crippen LogP contribution in [0.15, 0.2) is 22.7 Å². The number of nitrogens with one attached hydrogen (secondary N) is 1. The van der Waals surface area contributed by atoms with E-state index < -0.39 is 0 Å². The number of likely N-dealkylation sites (N-methyl/N-ethyl adjacent to an activating group) is 1. The first-order valence-electron chi connectivity index (χ1n) is 7.36. The van der Waals surface area contributed by atoms with Gasteiger partial charge in [0.2, 0.25) is 0 Å². The summed E-state index contributed by atoms with van der Waals surface area (Å²) in [7, 11) is 4.42. The van der Waals surface area contributed by atoms with E-state index in [-0.39, 0.29) is 0 Å². The molecule has 4 heteroatoms. The van der Waals surface area contributed by atoms with Crippen molar-refractivity contribution in [3.05, 3.63) is 33.3 Å². The van der Waals surface area contributed by atoms with Gasteiger partial charge >= 0.3 is 0 Å². The molecular formula is C16H24BrClN2. The Labute approximate surface area is 136 Å². The predicted octanol–water partition coefficient (Wildman–Crippen LogP) is 4.46. The molecule has 0 spiro atoms. The molecule has 20 heavy (non-hydrogen) atoms. The Bertz CT molecular complexity index is 442. The van der Waals surface area contributed by atoms with Crippen molar-refractivity contribution in [2.75, 3.05) is 20.6 Å². The first-order chi connectivity index (χ1) is 9.53. The quantitative estimate of drug-likeness (QED) is 0.835. The molecule has 0 amide bonds. The fourth-order valence-electron chi connectivity index (χ4n) is 3.10. The van der Waals surface area contributed by atoms with Crippen LogP contribution in [0.3, 0.4) is 0 Å². The molecule has 0 atom stereocenters. The Hall–Kier alpha value is -0.0900. The minimum atomic E-state index is 0.323. The Kier molecular flexibility index (Phi) is 5.91. The normalized spacial score (nSPS) is 18.4. The Morgan fingerprint density at radius 2 is 1.95 bits per heavy atom. The van der Waals surface area contributed by atoms with Gasteiger partial charge in [-0.05, 0) is 50.7 Å². The lowest BCUT2D eigenvalue weighted by Gasteiger charge is -2.43. The van der Waals surface area contributed by atoms with Gasteiger partial charge in [-0.25, -0.2) is 0 Å². The Morgan fingerprint density at radius 3 is 2.60 bits per heavy atom. The van der Waals surface area contributed by atoms with Crippen molar-refractivity contribution >= 4 is 27.5 Å². The lowest BCUT2D eigenvalue weighted by Crippen LogP contribution is -2.52. The van der Waals surface area contributed by atoms with Gasteiger partial charge in [0, 0.05) is 28.1 Å². The third-order valence-corrected chi connectivity index (χ3v) is 5.52. The largest absolute Gasteiger partial charge is 0.311 e. The number of benzene rings is 1. The van der Waals surface area contributed by atoms with Gasteiger partial charge in [-0.15, -0.1) is 0 Å². The van der Waals surface area contributed by atoms with E-state index in [0.717, 1.165) is 22.6 Å². The molecular weight excluding hydrogens is 336 g/mol. The van der Waals surface area contributed by atoms with Crippen molar-refractivity contribution in [1.29, 1.82) is 0 Å². The fraction of sp³-hybridized carbons (Fsp3) is 0.625.